The first-order chi connectivity index (χ1) is 6.11. The van der Waals surface area contributed by atoms with Crippen LogP contribution in [0.3, 0.4) is 0 Å². The summed E-state index contributed by atoms with van der Waals surface area (Å²) in [6, 6.07) is 0. The average molecular weight is 248 g/mol. The fourth-order valence-corrected chi connectivity index (χ4v) is 1.56. The lowest BCUT2D eigenvalue weighted by Crippen LogP contribution is -1.99. The molecule has 70 valence electrons. The summed E-state index contributed by atoms with van der Waals surface area (Å²) >= 11 is 3.09. The first-order valence-corrected chi connectivity index (χ1v) is 4.45. The molecule has 0 bridgehead atoms. The number of imidazole rings is 1. The quantitative estimate of drug-likeness (QED) is 0.346. The lowest BCUT2D eigenvalue weighted by molar-refractivity contribution is -0.390. The maximum atomic E-state index is 10.5. The van der Waals surface area contributed by atoms with Gasteiger partial charge in [-0.15, -0.1) is 0 Å². The van der Waals surface area contributed by atoms with Crippen molar-refractivity contribution in [1.82, 2.24) is 9.55 Å². The molecule has 1 aromatic rings. The highest BCUT2D eigenvalue weighted by atomic mass is 79.9. The summed E-state index contributed by atoms with van der Waals surface area (Å²) in [7, 11) is 1.56. The van der Waals surface area contributed by atoms with Gasteiger partial charge in [0.2, 0.25) is 6.29 Å². The number of rotatable bonds is 3. The molecule has 0 radical (unpaired) electrons. The van der Waals surface area contributed by atoms with Crippen LogP contribution in [-0.4, -0.2) is 20.8 Å². The standard InChI is InChI=1S/C6H6BrN3O3/c1-9-4(2-7)6(10(12)13)8-5(9)3-11/h3H,2H2,1H3. The molecule has 0 saturated heterocycles. The summed E-state index contributed by atoms with van der Waals surface area (Å²) < 4.78 is 1.39. The summed E-state index contributed by atoms with van der Waals surface area (Å²) in [5, 5.41) is 10.7. The van der Waals surface area contributed by atoms with Gasteiger partial charge in [0, 0.05) is 7.05 Å². The first kappa shape index (κ1) is 9.85. The number of aromatic nitrogens is 2. The van der Waals surface area contributed by atoms with Crippen molar-refractivity contribution in [3.63, 3.8) is 0 Å². The second kappa shape index (κ2) is 3.65. The lowest BCUT2D eigenvalue weighted by atomic mass is 10.5. The molecule has 0 unspecified atom stereocenters. The summed E-state index contributed by atoms with van der Waals surface area (Å²) in [5.41, 5.74) is 0.382. The van der Waals surface area contributed by atoms with Crippen LogP contribution in [0.4, 0.5) is 5.82 Å². The number of halogens is 1. The molecule has 13 heavy (non-hydrogen) atoms. The summed E-state index contributed by atoms with van der Waals surface area (Å²) in [5.74, 6) is -0.220. The SMILES string of the molecule is Cn1c(C=O)nc([N+](=O)[O-])c1CBr. The van der Waals surface area contributed by atoms with E-state index in [1.165, 1.54) is 4.57 Å². The molecule has 0 atom stereocenters. The van der Waals surface area contributed by atoms with E-state index >= 15 is 0 Å². The molecule has 0 N–H and O–H groups in total. The van der Waals surface area contributed by atoms with Crippen molar-refractivity contribution in [2.24, 2.45) is 7.05 Å². The van der Waals surface area contributed by atoms with Gasteiger partial charge in [-0.05, 0) is 9.91 Å². The van der Waals surface area contributed by atoms with Gasteiger partial charge in [0.25, 0.3) is 5.82 Å². The Bertz CT molecular complexity index is 360. The fraction of sp³-hybridized carbons (Fsp3) is 0.333. The first-order valence-electron chi connectivity index (χ1n) is 3.33. The molecule has 0 saturated carbocycles. The second-order valence-corrected chi connectivity index (χ2v) is 2.87. The van der Waals surface area contributed by atoms with Crippen LogP contribution < -0.4 is 0 Å². The molecule has 0 aliphatic carbocycles. The largest absolute Gasteiger partial charge is 0.386 e. The van der Waals surface area contributed by atoms with Gasteiger partial charge in [0.15, 0.2) is 0 Å². The van der Waals surface area contributed by atoms with Crippen molar-refractivity contribution < 1.29 is 9.72 Å². The molecule has 0 aliphatic rings. The fourth-order valence-electron chi connectivity index (χ4n) is 0.937. The Hall–Kier alpha value is -1.24. The second-order valence-electron chi connectivity index (χ2n) is 2.31. The van der Waals surface area contributed by atoms with Gasteiger partial charge in [-0.2, -0.15) is 0 Å². The van der Waals surface area contributed by atoms with Crippen molar-refractivity contribution in [1.29, 1.82) is 0 Å². The highest BCUT2D eigenvalue weighted by molar-refractivity contribution is 9.08. The minimum atomic E-state index is -0.608. The number of nitrogens with zero attached hydrogens (tertiary/aromatic N) is 3. The maximum Gasteiger partial charge on any atom is 0.386 e. The number of hydrogen-bond donors (Lipinski definition) is 0. The van der Waals surface area contributed by atoms with Crippen molar-refractivity contribution in [2.75, 3.05) is 0 Å². The van der Waals surface area contributed by atoms with Crippen molar-refractivity contribution >= 4 is 28.0 Å². The zero-order valence-electron chi connectivity index (χ0n) is 6.73. The molecule has 7 heteroatoms. The van der Waals surface area contributed by atoms with E-state index in [1.54, 1.807) is 7.05 Å². The van der Waals surface area contributed by atoms with Gasteiger partial charge >= 0.3 is 5.82 Å². The van der Waals surface area contributed by atoms with Crippen LogP contribution in [0.5, 0.6) is 0 Å². The van der Waals surface area contributed by atoms with Crippen molar-refractivity contribution in [3.05, 3.63) is 21.6 Å². The Labute approximate surface area is 81.8 Å². The third kappa shape index (κ3) is 1.59. The van der Waals surface area contributed by atoms with Crippen LogP contribution in [0.2, 0.25) is 0 Å². The van der Waals surface area contributed by atoms with E-state index in [1.807, 2.05) is 0 Å². The van der Waals surface area contributed by atoms with Gasteiger partial charge in [0.05, 0.1) is 5.33 Å². The minimum absolute atomic E-state index is 0.0566. The number of hydrogen-bond acceptors (Lipinski definition) is 4. The number of nitro groups is 1. The van der Waals surface area contributed by atoms with Crippen LogP contribution in [0.1, 0.15) is 16.3 Å². The number of alkyl halides is 1. The number of carbonyl (C=O) groups excluding carboxylic acids is 1. The van der Waals surface area contributed by atoms with E-state index in [4.69, 9.17) is 0 Å². The van der Waals surface area contributed by atoms with E-state index in [-0.39, 0.29) is 11.6 Å². The number of carbonyl (C=O) groups is 1. The van der Waals surface area contributed by atoms with Crippen LogP contribution in [0.25, 0.3) is 0 Å². The highest BCUT2D eigenvalue weighted by Crippen LogP contribution is 2.19. The Morgan fingerprint density at radius 2 is 2.38 bits per heavy atom. The predicted octanol–water partition coefficient (Wildman–Crippen LogP) is 1.04. The molecule has 1 rings (SSSR count). The van der Waals surface area contributed by atoms with Gasteiger partial charge in [0.1, 0.15) is 5.69 Å². The summed E-state index contributed by atoms with van der Waals surface area (Å²) in [4.78, 5) is 23.8. The average Bonchev–Trinajstić information content (AvgIpc) is 2.42. The zero-order chi connectivity index (χ0) is 10.0. The molecule has 0 amide bonds. The molecule has 0 aromatic carbocycles. The normalized spacial score (nSPS) is 10.0. The van der Waals surface area contributed by atoms with E-state index < -0.39 is 4.92 Å². The molecule has 6 nitrogen and oxygen atoms in total. The molecule has 1 aromatic heterocycles. The topological polar surface area (TPSA) is 78.0 Å². The van der Waals surface area contributed by atoms with Crippen molar-refractivity contribution in [3.8, 4) is 0 Å². The molecule has 0 spiro atoms. The molecular formula is C6H6BrN3O3. The van der Waals surface area contributed by atoms with Crippen LogP contribution in [0.15, 0.2) is 0 Å². The van der Waals surface area contributed by atoms with Gasteiger partial charge in [-0.25, -0.2) is 0 Å². The van der Waals surface area contributed by atoms with Crippen LogP contribution >= 0.6 is 15.9 Å². The van der Waals surface area contributed by atoms with Gasteiger partial charge < -0.3 is 14.7 Å². The van der Waals surface area contributed by atoms with Gasteiger partial charge in [-0.3, -0.25) is 4.79 Å². The van der Waals surface area contributed by atoms with Crippen LogP contribution in [-0.2, 0) is 12.4 Å². The molecule has 0 aliphatic heterocycles. The molecule has 0 fully saturated rings. The highest BCUT2D eigenvalue weighted by Gasteiger charge is 2.23. The minimum Gasteiger partial charge on any atom is -0.358 e. The predicted molar refractivity (Wildman–Crippen MR) is 47.9 cm³/mol. The van der Waals surface area contributed by atoms with Crippen LogP contribution in [0, 0.1) is 10.1 Å². The zero-order valence-corrected chi connectivity index (χ0v) is 8.31. The number of aldehydes is 1. The van der Waals surface area contributed by atoms with E-state index in [9.17, 15) is 14.9 Å². The molecule has 1 heterocycles. The Balaban J connectivity index is 3.35. The third-order valence-corrected chi connectivity index (χ3v) is 2.16. The third-order valence-electron chi connectivity index (χ3n) is 1.63. The van der Waals surface area contributed by atoms with E-state index in [0.29, 0.717) is 17.3 Å². The Morgan fingerprint density at radius 3 is 2.69 bits per heavy atom. The van der Waals surface area contributed by atoms with Gasteiger partial charge in [-0.1, -0.05) is 15.9 Å². The Kier molecular flexibility index (Phi) is 2.76. The smallest absolute Gasteiger partial charge is 0.358 e. The maximum absolute atomic E-state index is 10.5. The summed E-state index contributed by atoms with van der Waals surface area (Å²) in [6.45, 7) is 0. The van der Waals surface area contributed by atoms with E-state index in [0.717, 1.165) is 0 Å². The van der Waals surface area contributed by atoms with Crippen molar-refractivity contribution in [2.45, 2.75) is 5.33 Å². The van der Waals surface area contributed by atoms with E-state index in [2.05, 4.69) is 20.9 Å². The Morgan fingerprint density at radius 1 is 1.77 bits per heavy atom. The molecular weight excluding hydrogens is 242 g/mol. The monoisotopic (exact) mass is 247 g/mol. The summed E-state index contributed by atoms with van der Waals surface area (Å²) in [6.07, 6.45) is 0.485. The lowest BCUT2D eigenvalue weighted by Gasteiger charge is -1.95.